The number of anilines is 1. The maximum absolute atomic E-state index is 12.6. The molecule has 2 atom stereocenters. The molecule has 8 heteroatoms. The van der Waals surface area contributed by atoms with Crippen LogP contribution in [0.25, 0.3) is 0 Å². The van der Waals surface area contributed by atoms with Gasteiger partial charge in [0.05, 0.1) is 17.7 Å². The van der Waals surface area contributed by atoms with Gasteiger partial charge in [-0.15, -0.1) is 0 Å². The molecule has 1 saturated carbocycles. The third-order valence-electron chi connectivity index (χ3n) is 6.74. The number of amides is 1. The Morgan fingerprint density at radius 1 is 1.15 bits per heavy atom. The first-order chi connectivity index (χ1) is 15.7. The van der Waals surface area contributed by atoms with Gasteiger partial charge >= 0.3 is 0 Å². The SMILES string of the molecule is CCOc1ccc(S(=O)(=O)Nc2ccc(C(=O)N/N=C/C3=CCC4CC3C4(C)C)cc2)cc1. The Morgan fingerprint density at radius 3 is 2.45 bits per heavy atom. The van der Waals surface area contributed by atoms with Gasteiger partial charge < -0.3 is 4.74 Å². The molecule has 174 valence electrons. The molecule has 2 aromatic rings. The normalized spacial score (nSPS) is 21.1. The molecule has 1 fully saturated rings. The van der Waals surface area contributed by atoms with Crippen molar-refractivity contribution in [1.82, 2.24) is 5.43 Å². The molecule has 5 rings (SSSR count). The lowest BCUT2D eigenvalue weighted by Crippen LogP contribution is -2.48. The van der Waals surface area contributed by atoms with Crippen LogP contribution in [0.2, 0.25) is 0 Å². The first-order valence-electron chi connectivity index (χ1n) is 11.1. The van der Waals surface area contributed by atoms with Crippen molar-refractivity contribution in [2.45, 2.75) is 38.5 Å². The predicted molar refractivity (Wildman–Crippen MR) is 129 cm³/mol. The van der Waals surface area contributed by atoms with Crippen molar-refractivity contribution < 1.29 is 17.9 Å². The van der Waals surface area contributed by atoms with E-state index < -0.39 is 10.0 Å². The third-order valence-corrected chi connectivity index (χ3v) is 8.13. The van der Waals surface area contributed by atoms with E-state index in [1.165, 1.54) is 24.1 Å². The van der Waals surface area contributed by atoms with Crippen LogP contribution in [0.3, 0.4) is 0 Å². The second-order valence-corrected chi connectivity index (χ2v) is 10.7. The lowest BCUT2D eigenvalue weighted by atomic mass is 9.49. The average molecular weight is 468 g/mol. The third kappa shape index (κ3) is 4.80. The maximum Gasteiger partial charge on any atom is 0.271 e. The van der Waals surface area contributed by atoms with Gasteiger partial charge in [0, 0.05) is 11.3 Å². The number of carbonyl (C=O) groups is 1. The van der Waals surface area contributed by atoms with Crippen LogP contribution in [-0.2, 0) is 10.0 Å². The van der Waals surface area contributed by atoms with E-state index in [4.69, 9.17) is 4.74 Å². The number of rotatable bonds is 8. The number of nitrogens with zero attached hydrogens (tertiary/aromatic N) is 1. The maximum atomic E-state index is 12.6. The highest BCUT2D eigenvalue weighted by Gasteiger charge is 2.50. The van der Waals surface area contributed by atoms with E-state index >= 15 is 0 Å². The van der Waals surface area contributed by atoms with Crippen LogP contribution in [0.1, 0.15) is 44.0 Å². The molecule has 2 unspecified atom stereocenters. The van der Waals surface area contributed by atoms with Gasteiger partial charge in [-0.25, -0.2) is 13.8 Å². The number of carbonyl (C=O) groups excluding carboxylic acids is 1. The van der Waals surface area contributed by atoms with Gasteiger partial charge in [-0.2, -0.15) is 5.10 Å². The molecule has 0 spiro atoms. The van der Waals surface area contributed by atoms with E-state index in [1.54, 1.807) is 42.6 Å². The Hall–Kier alpha value is -3.13. The number of hydrogen-bond donors (Lipinski definition) is 2. The first-order valence-corrected chi connectivity index (χ1v) is 12.6. The van der Waals surface area contributed by atoms with Crippen LogP contribution in [-0.4, -0.2) is 27.1 Å². The van der Waals surface area contributed by atoms with Gasteiger partial charge in [-0.3, -0.25) is 9.52 Å². The van der Waals surface area contributed by atoms with Crippen molar-refractivity contribution in [2.75, 3.05) is 11.3 Å². The molecule has 2 bridgehead atoms. The van der Waals surface area contributed by atoms with Crippen molar-refractivity contribution in [3.63, 3.8) is 0 Å². The van der Waals surface area contributed by atoms with Crippen LogP contribution in [0.15, 0.2) is 70.2 Å². The summed E-state index contributed by atoms with van der Waals surface area (Å²) in [7, 11) is -3.75. The van der Waals surface area contributed by atoms with Gasteiger partial charge in [0.25, 0.3) is 15.9 Å². The number of allylic oxidation sites excluding steroid dienone is 2. The average Bonchev–Trinajstić information content (AvgIpc) is 2.80. The van der Waals surface area contributed by atoms with Gasteiger partial charge in [0.1, 0.15) is 5.75 Å². The van der Waals surface area contributed by atoms with E-state index in [1.807, 2.05) is 6.92 Å². The standard InChI is InChI=1S/C25H29N3O4S/c1-4-32-21-11-13-22(14-12-21)33(30,31)28-20-9-6-17(7-10-20)24(29)27-26-16-18-5-8-19-15-23(18)25(19,2)3/h5-7,9-14,16,19,23,28H,4,8,15H2,1-3H3,(H,27,29)/b26-16+. The highest BCUT2D eigenvalue weighted by atomic mass is 32.2. The van der Waals surface area contributed by atoms with Crippen LogP contribution in [0.5, 0.6) is 5.75 Å². The largest absolute Gasteiger partial charge is 0.494 e. The van der Waals surface area contributed by atoms with Gasteiger partial charge in [0.15, 0.2) is 0 Å². The highest BCUT2D eigenvalue weighted by Crippen LogP contribution is 2.58. The molecule has 0 heterocycles. The monoisotopic (exact) mass is 467 g/mol. The summed E-state index contributed by atoms with van der Waals surface area (Å²) in [5.74, 6) is 1.50. The first kappa shape index (κ1) is 23.0. The van der Waals surface area contributed by atoms with Crippen molar-refractivity contribution in [3.05, 3.63) is 65.7 Å². The summed E-state index contributed by atoms with van der Waals surface area (Å²) in [5.41, 5.74) is 4.79. The molecule has 0 aliphatic heterocycles. The molecule has 2 aromatic carbocycles. The summed E-state index contributed by atoms with van der Waals surface area (Å²) in [6.07, 6.45) is 6.21. The Kier molecular flexibility index (Phi) is 6.30. The summed E-state index contributed by atoms with van der Waals surface area (Å²) in [4.78, 5) is 12.5. The fourth-order valence-corrected chi connectivity index (χ4v) is 5.62. The second kappa shape index (κ2) is 9.02. The minimum atomic E-state index is -3.75. The summed E-state index contributed by atoms with van der Waals surface area (Å²) in [5, 5.41) is 4.14. The van der Waals surface area contributed by atoms with Crippen molar-refractivity contribution >= 4 is 27.8 Å². The molecule has 33 heavy (non-hydrogen) atoms. The number of hydrogen-bond acceptors (Lipinski definition) is 5. The van der Waals surface area contributed by atoms with Crippen LogP contribution >= 0.6 is 0 Å². The molecular weight excluding hydrogens is 438 g/mol. The molecule has 7 nitrogen and oxygen atoms in total. The molecule has 3 aliphatic carbocycles. The molecule has 0 radical (unpaired) electrons. The Bertz CT molecular complexity index is 1180. The van der Waals surface area contributed by atoms with E-state index in [0.29, 0.717) is 34.9 Å². The molecule has 0 aromatic heterocycles. The lowest BCUT2D eigenvalue weighted by molar-refractivity contribution is -0.00126. The topological polar surface area (TPSA) is 96.9 Å². The number of ether oxygens (including phenoxy) is 1. The highest BCUT2D eigenvalue weighted by molar-refractivity contribution is 7.92. The number of benzene rings is 2. The molecule has 2 N–H and O–H groups in total. The van der Waals surface area contributed by atoms with Crippen molar-refractivity contribution in [1.29, 1.82) is 0 Å². The van der Waals surface area contributed by atoms with Crippen LogP contribution in [0.4, 0.5) is 5.69 Å². The van der Waals surface area contributed by atoms with E-state index in [2.05, 4.69) is 35.2 Å². The quantitative estimate of drug-likeness (QED) is 0.438. The number of hydrazone groups is 1. The van der Waals surface area contributed by atoms with E-state index in [-0.39, 0.29) is 10.8 Å². The van der Waals surface area contributed by atoms with Crippen molar-refractivity contribution in [3.8, 4) is 5.75 Å². The van der Waals surface area contributed by atoms with Gasteiger partial charge in [-0.05, 0) is 91.1 Å². The zero-order valence-electron chi connectivity index (χ0n) is 19.0. The molecule has 1 amide bonds. The van der Waals surface area contributed by atoms with Gasteiger partial charge in [0.2, 0.25) is 0 Å². The van der Waals surface area contributed by atoms with E-state index in [9.17, 15) is 13.2 Å². The summed E-state index contributed by atoms with van der Waals surface area (Å²) in [6.45, 7) is 6.94. The molecular formula is C25H29N3O4S. The smallest absolute Gasteiger partial charge is 0.271 e. The Morgan fingerprint density at radius 2 is 1.85 bits per heavy atom. The Balaban J connectivity index is 1.35. The predicted octanol–water partition coefficient (Wildman–Crippen LogP) is 4.59. The fraction of sp³-hybridized carbons (Fsp3) is 0.360. The minimum Gasteiger partial charge on any atom is -0.494 e. The zero-order chi connectivity index (χ0) is 23.6. The van der Waals surface area contributed by atoms with Gasteiger partial charge in [-0.1, -0.05) is 19.9 Å². The second-order valence-electron chi connectivity index (χ2n) is 9.03. The Labute approximate surface area is 195 Å². The number of fused-ring (bicyclic) bond motifs is 1. The lowest BCUT2D eigenvalue weighted by Gasteiger charge is -2.55. The summed E-state index contributed by atoms with van der Waals surface area (Å²) < 4.78 is 33.1. The summed E-state index contributed by atoms with van der Waals surface area (Å²) in [6, 6.07) is 12.4. The van der Waals surface area contributed by atoms with Crippen molar-refractivity contribution in [2.24, 2.45) is 22.4 Å². The van der Waals surface area contributed by atoms with Crippen LogP contribution < -0.4 is 14.9 Å². The van der Waals surface area contributed by atoms with Crippen LogP contribution in [0, 0.1) is 17.3 Å². The zero-order valence-corrected chi connectivity index (χ0v) is 19.9. The summed E-state index contributed by atoms with van der Waals surface area (Å²) >= 11 is 0. The molecule has 0 saturated heterocycles. The fourth-order valence-electron chi connectivity index (χ4n) is 4.56. The number of sulfonamides is 1. The number of nitrogens with one attached hydrogen (secondary N) is 2. The minimum absolute atomic E-state index is 0.125. The van der Waals surface area contributed by atoms with E-state index in [0.717, 1.165) is 12.3 Å². The molecule has 3 aliphatic rings.